The summed E-state index contributed by atoms with van der Waals surface area (Å²) < 4.78 is 7.53. The zero-order valence-corrected chi connectivity index (χ0v) is 13.0. The number of hydrogen-bond acceptors (Lipinski definition) is 4. The zero-order valence-electron chi connectivity index (χ0n) is 13.0. The molecule has 1 N–H and O–H groups in total. The Morgan fingerprint density at radius 3 is 3.13 bits per heavy atom. The van der Waals surface area contributed by atoms with Crippen LogP contribution in [0, 0.1) is 0 Å². The highest BCUT2D eigenvalue weighted by molar-refractivity contribution is 5.75. The lowest BCUT2D eigenvalue weighted by molar-refractivity contribution is 0.108. The molecule has 2 saturated heterocycles. The summed E-state index contributed by atoms with van der Waals surface area (Å²) in [6.07, 6.45) is 6.12. The maximum Gasteiger partial charge on any atom is 0.318 e. The first-order chi connectivity index (χ1) is 11.3. The molecule has 0 bridgehead atoms. The van der Waals surface area contributed by atoms with Crippen LogP contribution in [0.3, 0.4) is 0 Å². The molecule has 2 aliphatic heterocycles. The molecule has 0 unspecified atom stereocenters. The standard InChI is InChI=1S/C16H21N5O2/c22-16(17-11-12-5-4-10-23-12)20-9-3-6-13(20)15-19-18-14-7-1-2-8-21(14)15/h1-2,7-8,12-13H,3-6,9-11H2,(H,17,22)/t12-,13+/m0/s1. The summed E-state index contributed by atoms with van der Waals surface area (Å²) in [5.74, 6) is 0.838. The smallest absolute Gasteiger partial charge is 0.318 e. The van der Waals surface area contributed by atoms with Crippen molar-refractivity contribution < 1.29 is 9.53 Å². The van der Waals surface area contributed by atoms with E-state index in [1.54, 1.807) is 0 Å². The monoisotopic (exact) mass is 315 g/mol. The number of hydrogen-bond donors (Lipinski definition) is 1. The van der Waals surface area contributed by atoms with E-state index in [2.05, 4.69) is 15.5 Å². The van der Waals surface area contributed by atoms with Gasteiger partial charge in [0, 0.05) is 25.9 Å². The van der Waals surface area contributed by atoms with Gasteiger partial charge in [-0.15, -0.1) is 10.2 Å². The first-order valence-electron chi connectivity index (χ1n) is 8.28. The number of amides is 2. The van der Waals surface area contributed by atoms with Crippen molar-refractivity contribution in [2.45, 2.75) is 37.8 Å². The number of pyridine rings is 1. The number of ether oxygens (including phenoxy) is 1. The van der Waals surface area contributed by atoms with Crippen molar-refractivity contribution in [1.82, 2.24) is 24.8 Å². The molecular formula is C16H21N5O2. The molecule has 2 fully saturated rings. The Morgan fingerprint density at radius 1 is 1.30 bits per heavy atom. The molecule has 0 saturated carbocycles. The lowest BCUT2D eigenvalue weighted by Crippen LogP contribution is -2.42. The van der Waals surface area contributed by atoms with Gasteiger partial charge in [0.05, 0.1) is 12.1 Å². The van der Waals surface area contributed by atoms with E-state index in [4.69, 9.17) is 4.74 Å². The van der Waals surface area contributed by atoms with Crippen LogP contribution < -0.4 is 5.32 Å². The Hall–Kier alpha value is -2.15. The Kier molecular flexibility index (Phi) is 3.87. The van der Waals surface area contributed by atoms with E-state index in [1.165, 1.54) is 0 Å². The number of carbonyl (C=O) groups is 1. The van der Waals surface area contributed by atoms with Crippen molar-refractivity contribution in [3.8, 4) is 0 Å². The Morgan fingerprint density at radius 2 is 2.26 bits per heavy atom. The van der Waals surface area contributed by atoms with Crippen LogP contribution >= 0.6 is 0 Å². The van der Waals surface area contributed by atoms with Crippen LogP contribution in [-0.2, 0) is 4.74 Å². The normalized spacial score (nSPS) is 24.4. The van der Waals surface area contributed by atoms with Gasteiger partial charge in [0.1, 0.15) is 0 Å². The average molecular weight is 315 g/mol. The minimum absolute atomic E-state index is 0.0168. The number of aromatic nitrogens is 3. The molecule has 2 aromatic heterocycles. The zero-order chi connectivity index (χ0) is 15.6. The number of rotatable bonds is 3. The van der Waals surface area contributed by atoms with Gasteiger partial charge in [-0.25, -0.2) is 4.79 Å². The molecule has 0 aliphatic carbocycles. The molecule has 7 nitrogen and oxygen atoms in total. The Balaban J connectivity index is 1.48. The van der Waals surface area contributed by atoms with Crippen molar-refractivity contribution in [2.24, 2.45) is 0 Å². The number of nitrogens with zero attached hydrogens (tertiary/aromatic N) is 4. The third-order valence-electron chi connectivity index (χ3n) is 4.66. The number of likely N-dealkylation sites (tertiary alicyclic amines) is 1. The molecule has 4 heterocycles. The average Bonchev–Trinajstić information content (AvgIpc) is 3.31. The van der Waals surface area contributed by atoms with Gasteiger partial charge >= 0.3 is 6.03 Å². The fraction of sp³-hybridized carbons (Fsp3) is 0.562. The van der Waals surface area contributed by atoms with Gasteiger partial charge in [-0.2, -0.15) is 0 Å². The first kappa shape index (κ1) is 14.4. The van der Waals surface area contributed by atoms with Gasteiger partial charge in [0.15, 0.2) is 11.5 Å². The topological polar surface area (TPSA) is 71.8 Å². The number of urea groups is 1. The van der Waals surface area contributed by atoms with Gasteiger partial charge in [0.2, 0.25) is 0 Å². The summed E-state index contributed by atoms with van der Waals surface area (Å²) in [6, 6.07) is 5.77. The van der Waals surface area contributed by atoms with E-state index in [0.717, 1.165) is 50.3 Å². The molecule has 2 atom stereocenters. The molecule has 2 aromatic rings. The molecule has 2 amide bonds. The van der Waals surface area contributed by atoms with Gasteiger partial charge in [-0.3, -0.25) is 4.40 Å². The number of fused-ring (bicyclic) bond motifs is 1. The molecule has 4 rings (SSSR count). The highest BCUT2D eigenvalue weighted by Crippen LogP contribution is 2.30. The maximum absolute atomic E-state index is 12.5. The third kappa shape index (κ3) is 2.76. The highest BCUT2D eigenvalue weighted by atomic mass is 16.5. The van der Waals surface area contributed by atoms with Crippen molar-refractivity contribution in [1.29, 1.82) is 0 Å². The summed E-state index contributed by atoms with van der Waals surface area (Å²) in [5.41, 5.74) is 0.814. The van der Waals surface area contributed by atoms with E-state index in [-0.39, 0.29) is 18.2 Å². The maximum atomic E-state index is 12.5. The van der Waals surface area contributed by atoms with E-state index in [1.807, 2.05) is 33.7 Å². The second kappa shape index (κ2) is 6.16. The van der Waals surface area contributed by atoms with Crippen LogP contribution in [0.25, 0.3) is 5.65 Å². The second-order valence-electron chi connectivity index (χ2n) is 6.16. The molecule has 23 heavy (non-hydrogen) atoms. The molecule has 0 spiro atoms. The Bertz CT molecular complexity index is 695. The van der Waals surface area contributed by atoms with Crippen molar-refractivity contribution in [3.05, 3.63) is 30.2 Å². The van der Waals surface area contributed by atoms with Gasteiger partial charge in [-0.1, -0.05) is 6.07 Å². The summed E-state index contributed by atoms with van der Waals surface area (Å²) in [4.78, 5) is 14.4. The largest absolute Gasteiger partial charge is 0.376 e. The summed E-state index contributed by atoms with van der Waals surface area (Å²) in [5, 5.41) is 11.5. The molecule has 0 aromatic carbocycles. The van der Waals surface area contributed by atoms with Crippen LogP contribution in [-0.4, -0.2) is 51.3 Å². The molecule has 7 heteroatoms. The SMILES string of the molecule is O=C(NC[C@@H]1CCCO1)N1CCC[C@@H]1c1nnc2ccccn12. The minimum Gasteiger partial charge on any atom is -0.376 e. The van der Waals surface area contributed by atoms with E-state index in [0.29, 0.717) is 6.54 Å². The van der Waals surface area contributed by atoms with E-state index >= 15 is 0 Å². The number of nitrogens with one attached hydrogen (secondary N) is 1. The van der Waals surface area contributed by atoms with Gasteiger partial charge in [-0.05, 0) is 37.8 Å². The van der Waals surface area contributed by atoms with Gasteiger partial charge in [0.25, 0.3) is 0 Å². The van der Waals surface area contributed by atoms with Crippen molar-refractivity contribution >= 4 is 11.7 Å². The van der Waals surface area contributed by atoms with Crippen LogP contribution in [0.1, 0.15) is 37.5 Å². The van der Waals surface area contributed by atoms with Crippen molar-refractivity contribution in [2.75, 3.05) is 19.7 Å². The van der Waals surface area contributed by atoms with Crippen LogP contribution in [0.4, 0.5) is 4.79 Å². The predicted molar refractivity (Wildman–Crippen MR) is 84.0 cm³/mol. The quantitative estimate of drug-likeness (QED) is 0.937. The summed E-state index contributed by atoms with van der Waals surface area (Å²) in [6.45, 7) is 2.14. The molecule has 122 valence electrons. The lowest BCUT2D eigenvalue weighted by atomic mass is 10.2. The van der Waals surface area contributed by atoms with Gasteiger partial charge < -0.3 is 15.0 Å². The van der Waals surface area contributed by atoms with E-state index in [9.17, 15) is 4.79 Å². The Labute approximate surface area is 134 Å². The molecular weight excluding hydrogens is 294 g/mol. The fourth-order valence-electron chi connectivity index (χ4n) is 3.47. The predicted octanol–water partition coefficient (Wildman–Crippen LogP) is 1.75. The van der Waals surface area contributed by atoms with Crippen LogP contribution in [0.2, 0.25) is 0 Å². The first-order valence-corrected chi connectivity index (χ1v) is 8.28. The third-order valence-corrected chi connectivity index (χ3v) is 4.66. The fourth-order valence-corrected chi connectivity index (χ4v) is 3.47. The summed E-state index contributed by atoms with van der Waals surface area (Å²) in [7, 11) is 0. The molecule has 0 radical (unpaired) electrons. The minimum atomic E-state index is -0.0318. The summed E-state index contributed by atoms with van der Waals surface area (Å²) >= 11 is 0. The van der Waals surface area contributed by atoms with Crippen molar-refractivity contribution in [3.63, 3.8) is 0 Å². The van der Waals surface area contributed by atoms with Crippen LogP contribution in [0.15, 0.2) is 24.4 Å². The second-order valence-corrected chi connectivity index (χ2v) is 6.16. The van der Waals surface area contributed by atoms with E-state index < -0.39 is 0 Å². The van der Waals surface area contributed by atoms with Crippen LogP contribution in [0.5, 0.6) is 0 Å². The highest BCUT2D eigenvalue weighted by Gasteiger charge is 2.33. The lowest BCUT2D eigenvalue weighted by Gasteiger charge is -2.24. The number of carbonyl (C=O) groups excluding carboxylic acids is 1. The molecule has 2 aliphatic rings.